The van der Waals surface area contributed by atoms with E-state index in [0.717, 1.165) is 24.8 Å². The second-order valence-corrected chi connectivity index (χ2v) is 9.36. The molecule has 0 aromatic heterocycles. The summed E-state index contributed by atoms with van der Waals surface area (Å²) >= 11 is 0. The van der Waals surface area contributed by atoms with Gasteiger partial charge in [-0.05, 0) is 84.9 Å². The molecular weight excluding hydrogens is 342 g/mol. The molecule has 1 aliphatic rings. The highest BCUT2D eigenvalue weighted by Crippen LogP contribution is 2.38. The molecule has 0 saturated heterocycles. The van der Waals surface area contributed by atoms with E-state index >= 15 is 0 Å². The van der Waals surface area contributed by atoms with Gasteiger partial charge in [0.2, 0.25) is 0 Å². The molecule has 0 radical (unpaired) electrons. The number of benzene rings is 2. The van der Waals surface area contributed by atoms with Gasteiger partial charge in [-0.1, -0.05) is 58.0 Å². The quantitative estimate of drug-likeness (QED) is 0.532. The van der Waals surface area contributed by atoms with Crippen molar-refractivity contribution in [2.24, 2.45) is 11.3 Å². The van der Waals surface area contributed by atoms with Crippen LogP contribution in [0.15, 0.2) is 48.5 Å². The summed E-state index contributed by atoms with van der Waals surface area (Å²) in [4.78, 5) is 0. The Morgan fingerprint density at radius 2 is 1.64 bits per heavy atom. The molecule has 0 heterocycles. The zero-order valence-electron chi connectivity index (χ0n) is 18.1. The van der Waals surface area contributed by atoms with Gasteiger partial charge in [-0.3, -0.25) is 0 Å². The Morgan fingerprint density at radius 1 is 0.929 bits per heavy atom. The molecule has 1 saturated carbocycles. The average molecular weight is 380 g/mol. The van der Waals surface area contributed by atoms with Crippen LogP contribution in [0.1, 0.15) is 65.4 Å². The lowest BCUT2D eigenvalue weighted by Crippen LogP contribution is -2.30. The Labute approximate surface area is 171 Å². The predicted molar refractivity (Wildman–Crippen MR) is 120 cm³/mol. The Bertz CT molecular complexity index is 721. The van der Waals surface area contributed by atoms with E-state index in [1.807, 2.05) is 0 Å². The van der Waals surface area contributed by atoms with Crippen molar-refractivity contribution >= 4 is 0 Å². The van der Waals surface area contributed by atoms with Gasteiger partial charge >= 0.3 is 0 Å². The lowest BCUT2D eigenvalue weighted by molar-refractivity contribution is 0.0882. The predicted octanol–water partition coefficient (Wildman–Crippen LogP) is 6.84. The summed E-state index contributed by atoms with van der Waals surface area (Å²) < 4.78 is 6.29. The molecule has 2 nitrogen and oxygen atoms in total. The van der Waals surface area contributed by atoms with E-state index < -0.39 is 0 Å². The monoisotopic (exact) mass is 379 g/mol. The van der Waals surface area contributed by atoms with E-state index in [9.17, 15) is 0 Å². The van der Waals surface area contributed by atoms with Crippen molar-refractivity contribution in [2.45, 2.75) is 72.4 Å². The Hall–Kier alpha value is -1.80. The van der Waals surface area contributed by atoms with Crippen LogP contribution >= 0.6 is 0 Å². The van der Waals surface area contributed by atoms with Crippen molar-refractivity contribution in [3.63, 3.8) is 0 Å². The molecule has 0 bridgehead atoms. The molecule has 0 spiro atoms. The normalized spacial score (nSPS) is 20.1. The summed E-state index contributed by atoms with van der Waals surface area (Å²) in [7, 11) is 0. The largest absolute Gasteiger partial charge is 0.490 e. The van der Waals surface area contributed by atoms with Crippen molar-refractivity contribution in [2.75, 3.05) is 6.54 Å². The smallest absolute Gasteiger partial charge is 0.119 e. The second kappa shape index (κ2) is 9.60. The first-order valence-electron chi connectivity index (χ1n) is 11.0. The highest BCUT2D eigenvalue weighted by molar-refractivity contribution is 5.64. The molecule has 0 unspecified atom stereocenters. The summed E-state index contributed by atoms with van der Waals surface area (Å²) in [5.41, 5.74) is 4.28. The zero-order valence-corrected chi connectivity index (χ0v) is 18.1. The van der Waals surface area contributed by atoms with Crippen LogP contribution in [0.25, 0.3) is 11.1 Å². The average Bonchev–Trinajstić information content (AvgIpc) is 2.69. The number of hydrogen-bond donors (Lipinski definition) is 1. The number of ether oxygens (including phenoxy) is 1. The zero-order chi connectivity index (χ0) is 20.0. The number of rotatable bonds is 7. The fourth-order valence-electron chi connectivity index (χ4n) is 4.24. The molecule has 1 fully saturated rings. The molecule has 3 rings (SSSR count). The maximum Gasteiger partial charge on any atom is 0.119 e. The summed E-state index contributed by atoms with van der Waals surface area (Å²) in [6.45, 7) is 11.3. The fraction of sp³-hybridized carbons (Fsp3) is 0.538. The maximum atomic E-state index is 6.29. The van der Waals surface area contributed by atoms with E-state index in [1.165, 1.54) is 48.8 Å². The van der Waals surface area contributed by atoms with Crippen molar-refractivity contribution in [1.82, 2.24) is 5.32 Å². The van der Waals surface area contributed by atoms with Crippen LogP contribution in [0.5, 0.6) is 5.75 Å². The first-order valence-corrected chi connectivity index (χ1v) is 11.0. The highest BCUT2D eigenvalue weighted by atomic mass is 16.5. The van der Waals surface area contributed by atoms with Gasteiger partial charge in [0.25, 0.3) is 0 Å². The third kappa shape index (κ3) is 5.85. The van der Waals surface area contributed by atoms with Crippen LogP contribution < -0.4 is 10.1 Å². The minimum atomic E-state index is 0.373. The number of hydrogen-bond acceptors (Lipinski definition) is 2. The van der Waals surface area contributed by atoms with Crippen LogP contribution in [0.2, 0.25) is 0 Å². The van der Waals surface area contributed by atoms with Gasteiger partial charge in [-0.15, -0.1) is 0 Å². The maximum absolute atomic E-state index is 6.29. The summed E-state index contributed by atoms with van der Waals surface area (Å²) in [6, 6.07) is 17.5. The Kier molecular flexibility index (Phi) is 7.18. The van der Waals surface area contributed by atoms with E-state index in [1.54, 1.807) is 0 Å². The minimum Gasteiger partial charge on any atom is -0.490 e. The highest BCUT2D eigenvalue weighted by Gasteiger charge is 2.30. The van der Waals surface area contributed by atoms with Crippen molar-refractivity contribution in [1.29, 1.82) is 0 Å². The lowest BCUT2D eigenvalue weighted by atomic mass is 9.72. The van der Waals surface area contributed by atoms with Gasteiger partial charge in [0.05, 0.1) is 6.10 Å². The minimum absolute atomic E-state index is 0.373. The third-order valence-corrected chi connectivity index (χ3v) is 6.07. The van der Waals surface area contributed by atoms with Gasteiger partial charge in [-0.25, -0.2) is 0 Å². The molecule has 2 aromatic carbocycles. The SMILES string of the molecule is CCCNCc1cccc(-c2ccc(O[C@H]3CC[C@H](C(C)(C)C)CC3)cc2)c1. The molecule has 0 aliphatic heterocycles. The lowest BCUT2D eigenvalue weighted by Gasteiger charge is -2.36. The van der Waals surface area contributed by atoms with E-state index in [2.05, 4.69) is 81.5 Å². The molecule has 2 aromatic rings. The molecule has 0 amide bonds. The summed E-state index contributed by atoms with van der Waals surface area (Å²) in [6.07, 6.45) is 6.46. The third-order valence-electron chi connectivity index (χ3n) is 6.07. The van der Waals surface area contributed by atoms with Gasteiger partial charge in [-0.2, -0.15) is 0 Å². The van der Waals surface area contributed by atoms with Crippen LogP contribution in [-0.4, -0.2) is 12.6 Å². The van der Waals surface area contributed by atoms with E-state index in [-0.39, 0.29) is 0 Å². The van der Waals surface area contributed by atoms with Crippen molar-refractivity contribution in [3.8, 4) is 16.9 Å². The van der Waals surface area contributed by atoms with Crippen LogP contribution in [-0.2, 0) is 6.54 Å². The molecule has 1 aliphatic carbocycles. The van der Waals surface area contributed by atoms with E-state index in [4.69, 9.17) is 4.74 Å². The second-order valence-electron chi connectivity index (χ2n) is 9.36. The molecule has 152 valence electrons. The van der Waals surface area contributed by atoms with Gasteiger partial charge < -0.3 is 10.1 Å². The Morgan fingerprint density at radius 3 is 2.29 bits per heavy atom. The van der Waals surface area contributed by atoms with Crippen molar-refractivity contribution < 1.29 is 4.74 Å². The summed E-state index contributed by atoms with van der Waals surface area (Å²) in [5, 5.41) is 3.48. The number of nitrogens with one attached hydrogen (secondary N) is 1. The molecule has 2 heteroatoms. The van der Waals surface area contributed by atoms with Gasteiger partial charge in [0, 0.05) is 6.54 Å². The van der Waals surface area contributed by atoms with Crippen LogP contribution in [0.3, 0.4) is 0 Å². The first-order chi connectivity index (χ1) is 13.5. The van der Waals surface area contributed by atoms with Crippen LogP contribution in [0.4, 0.5) is 0 Å². The Balaban J connectivity index is 1.56. The molecular formula is C26H37NO. The van der Waals surface area contributed by atoms with Gasteiger partial charge in [0.15, 0.2) is 0 Å². The standard InChI is InChI=1S/C26H37NO/c1-5-17-27-19-20-7-6-8-22(18-20)21-9-13-24(14-10-21)28-25-15-11-23(12-16-25)26(2,3)4/h6-10,13-14,18,23,25,27H,5,11-12,15-17,19H2,1-4H3/t23-,25-. The first kappa shape index (κ1) is 20.9. The molecule has 0 atom stereocenters. The fourth-order valence-corrected chi connectivity index (χ4v) is 4.24. The van der Waals surface area contributed by atoms with Crippen LogP contribution in [0, 0.1) is 11.3 Å². The topological polar surface area (TPSA) is 21.3 Å². The molecule has 1 N–H and O–H groups in total. The molecule has 28 heavy (non-hydrogen) atoms. The summed E-state index contributed by atoms with van der Waals surface area (Å²) in [5.74, 6) is 1.83. The van der Waals surface area contributed by atoms with Crippen molar-refractivity contribution in [3.05, 3.63) is 54.1 Å². The van der Waals surface area contributed by atoms with Gasteiger partial charge in [0.1, 0.15) is 5.75 Å². The van der Waals surface area contributed by atoms with E-state index in [0.29, 0.717) is 11.5 Å².